The minimum absolute atomic E-state index is 0. The minimum atomic E-state index is -0.346. The molecular weight excluding hydrogens is 447 g/mol. The van der Waals surface area contributed by atoms with Crippen molar-refractivity contribution >= 4 is 59.2 Å². The zero-order valence-corrected chi connectivity index (χ0v) is 18.9. The Labute approximate surface area is 192 Å². The Kier molecular flexibility index (Phi) is 8.32. The number of aromatic nitrogens is 3. The van der Waals surface area contributed by atoms with Gasteiger partial charge in [-0.1, -0.05) is 23.7 Å². The van der Waals surface area contributed by atoms with Gasteiger partial charge in [0.25, 0.3) is 0 Å². The maximum Gasteiger partial charge on any atom is 0.231 e. The number of nitrogens with two attached hydrogens (primary N) is 1. The highest BCUT2D eigenvalue weighted by atomic mass is 35.5. The van der Waals surface area contributed by atoms with Gasteiger partial charge in [-0.2, -0.15) is 0 Å². The van der Waals surface area contributed by atoms with Gasteiger partial charge in [-0.05, 0) is 30.2 Å². The largest absolute Gasteiger partial charge is 0.352 e. The lowest BCUT2D eigenvalue weighted by molar-refractivity contribution is -0.132. The summed E-state index contributed by atoms with van der Waals surface area (Å²) in [6.45, 7) is 5.04. The molecule has 1 aliphatic rings. The maximum atomic E-state index is 13.0. The molecule has 1 aliphatic heterocycles. The number of carbonyl (C=O) groups is 1. The number of hydrogen-bond acceptors (Lipinski definition) is 5. The van der Waals surface area contributed by atoms with Gasteiger partial charge in [0.2, 0.25) is 5.91 Å². The van der Waals surface area contributed by atoms with Crippen molar-refractivity contribution in [2.24, 2.45) is 5.73 Å². The number of carbonyl (C=O) groups excluding carboxylic acids is 1. The quantitative estimate of drug-likeness (QED) is 0.610. The molecule has 1 aromatic carbocycles. The Bertz CT molecular complexity index is 986. The van der Waals surface area contributed by atoms with Crippen LogP contribution in [0, 0.1) is 6.92 Å². The van der Waals surface area contributed by atoms with Crippen molar-refractivity contribution in [2.75, 3.05) is 37.6 Å². The van der Waals surface area contributed by atoms with Crippen LogP contribution in [0.3, 0.4) is 0 Å². The first-order valence-corrected chi connectivity index (χ1v) is 9.74. The van der Waals surface area contributed by atoms with Crippen LogP contribution in [0.5, 0.6) is 0 Å². The number of fused-ring (bicyclic) bond motifs is 1. The number of aryl methyl sites for hydroxylation is 1. The van der Waals surface area contributed by atoms with Gasteiger partial charge in [0.05, 0.1) is 11.3 Å². The maximum absolute atomic E-state index is 13.0. The van der Waals surface area contributed by atoms with Crippen LogP contribution < -0.4 is 10.6 Å². The van der Waals surface area contributed by atoms with E-state index in [0.29, 0.717) is 18.1 Å². The molecular formula is C20H25Cl3N6O. The van der Waals surface area contributed by atoms with Crippen LogP contribution >= 0.6 is 36.4 Å². The van der Waals surface area contributed by atoms with Crippen LogP contribution in [0.25, 0.3) is 11.0 Å². The Balaban J connectivity index is 0.00000160. The number of rotatable bonds is 4. The van der Waals surface area contributed by atoms with Gasteiger partial charge in [-0.25, -0.2) is 9.97 Å². The molecule has 30 heavy (non-hydrogen) atoms. The van der Waals surface area contributed by atoms with Crippen molar-refractivity contribution in [3.8, 4) is 0 Å². The van der Waals surface area contributed by atoms with Gasteiger partial charge in [-0.15, -0.1) is 24.8 Å². The standard InChI is InChI=1S/C20H23ClN6O.2ClH/c1-13-11-23-18-17(13)19(25-12-24-18)26-6-8-27(9-7-26)20(28)16(10-22)14-2-4-15(21)5-3-14;;/h2-5,11-12,16H,6-10,22H2,1H3,(H,23,24,25);2*1H. The van der Waals surface area contributed by atoms with E-state index in [1.807, 2.05) is 30.2 Å². The van der Waals surface area contributed by atoms with Gasteiger partial charge in [0.1, 0.15) is 17.8 Å². The van der Waals surface area contributed by atoms with Crippen molar-refractivity contribution in [3.05, 3.63) is 52.9 Å². The van der Waals surface area contributed by atoms with E-state index in [9.17, 15) is 4.79 Å². The number of hydrogen-bond donors (Lipinski definition) is 2. The van der Waals surface area contributed by atoms with Crippen molar-refractivity contribution in [1.82, 2.24) is 19.9 Å². The SMILES string of the molecule is Cc1c[nH]c2ncnc(N3CCN(C(=O)C(CN)c4ccc(Cl)cc4)CC3)c12.Cl.Cl. The Morgan fingerprint density at radius 1 is 1.17 bits per heavy atom. The number of halogens is 3. The number of benzene rings is 1. The number of aromatic amines is 1. The fraction of sp³-hybridized carbons (Fsp3) is 0.350. The second-order valence-electron chi connectivity index (χ2n) is 7.04. The summed E-state index contributed by atoms with van der Waals surface area (Å²) in [5.41, 5.74) is 8.79. The van der Waals surface area contributed by atoms with Crippen molar-refractivity contribution in [3.63, 3.8) is 0 Å². The molecule has 1 amide bonds. The van der Waals surface area contributed by atoms with E-state index in [1.54, 1.807) is 18.5 Å². The Morgan fingerprint density at radius 2 is 1.83 bits per heavy atom. The fourth-order valence-electron chi connectivity index (χ4n) is 3.77. The van der Waals surface area contributed by atoms with Gasteiger partial charge in [0, 0.05) is 43.9 Å². The van der Waals surface area contributed by atoms with E-state index in [4.69, 9.17) is 17.3 Å². The molecule has 2 aromatic heterocycles. The first-order chi connectivity index (χ1) is 13.6. The van der Waals surface area contributed by atoms with Gasteiger partial charge >= 0.3 is 0 Å². The highest BCUT2D eigenvalue weighted by molar-refractivity contribution is 6.30. The smallest absolute Gasteiger partial charge is 0.231 e. The average molecular weight is 472 g/mol. The second-order valence-corrected chi connectivity index (χ2v) is 7.48. The summed E-state index contributed by atoms with van der Waals surface area (Å²) in [5, 5.41) is 1.69. The predicted octanol–water partition coefficient (Wildman–Crippen LogP) is 3.15. The molecule has 1 unspecified atom stereocenters. The molecule has 1 fully saturated rings. The van der Waals surface area contributed by atoms with E-state index in [0.717, 1.165) is 41.1 Å². The third kappa shape index (κ3) is 4.64. The second kappa shape index (κ2) is 10.3. The van der Waals surface area contributed by atoms with Crippen LogP contribution in [-0.4, -0.2) is 58.5 Å². The molecule has 0 aliphatic carbocycles. The van der Waals surface area contributed by atoms with Crippen LogP contribution in [0.1, 0.15) is 17.0 Å². The molecule has 1 atom stereocenters. The first kappa shape index (κ1) is 24.2. The van der Waals surface area contributed by atoms with E-state index in [1.165, 1.54) is 0 Å². The van der Waals surface area contributed by atoms with E-state index < -0.39 is 0 Å². The normalized spacial score (nSPS) is 14.8. The molecule has 162 valence electrons. The van der Waals surface area contributed by atoms with Gasteiger partial charge in [-0.3, -0.25) is 4.79 Å². The van der Waals surface area contributed by atoms with E-state index in [2.05, 4.69) is 19.9 Å². The lowest BCUT2D eigenvalue weighted by Crippen LogP contribution is -2.51. The highest BCUT2D eigenvalue weighted by Gasteiger charge is 2.29. The molecule has 0 saturated carbocycles. The summed E-state index contributed by atoms with van der Waals surface area (Å²) < 4.78 is 0. The molecule has 1 saturated heterocycles. The molecule has 0 spiro atoms. The Hall–Kier alpha value is -2.06. The lowest BCUT2D eigenvalue weighted by Gasteiger charge is -2.37. The van der Waals surface area contributed by atoms with E-state index in [-0.39, 0.29) is 43.2 Å². The zero-order chi connectivity index (χ0) is 19.7. The third-order valence-electron chi connectivity index (χ3n) is 5.34. The van der Waals surface area contributed by atoms with Crippen molar-refractivity contribution < 1.29 is 4.79 Å². The summed E-state index contributed by atoms with van der Waals surface area (Å²) in [6.07, 6.45) is 3.52. The predicted molar refractivity (Wildman–Crippen MR) is 125 cm³/mol. The monoisotopic (exact) mass is 470 g/mol. The van der Waals surface area contributed by atoms with Crippen LogP contribution in [0.15, 0.2) is 36.8 Å². The summed E-state index contributed by atoms with van der Waals surface area (Å²) in [4.78, 5) is 29.1. The van der Waals surface area contributed by atoms with Crippen molar-refractivity contribution in [1.29, 1.82) is 0 Å². The molecule has 10 heteroatoms. The topological polar surface area (TPSA) is 91.1 Å². The lowest BCUT2D eigenvalue weighted by atomic mass is 9.97. The summed E-state index contributed by atoms with van der Waals surface area (Å²) >= 11 is 5.96. The molecule has 3 heterocycles. The number of H-pyrrole nitrogens is 1. The minimum Gasteiger partial charge on any atom is -0.352 e. The van der Waals surface area contributed by atoms with Crippen molar-refractivity contribution in [2.45, 2.75) is 12.8 Å². The number of piperazine rings is 1. The van der Waals surface area contributed by atoms with Crippen LogP contribution in [0.4, 0.5) is 5.82 Å². The molecule has 3 aromatic rings. The molecule has 4 rings (SSSR count). The highest BCUT2D eigenvalue weighted by Crippen LogP contribution is 2.27. The van der Waals surface area contributed by atoms with Crippen LogP contribution in [-0.2, 0) is 4.79 Å². The summed E-state index contributed by atoms with van der Waals surface area (Å²) in [7, 11) is 0. The molecule has 3 N–H and O–H groups in total. The zero-order valence-electron chi connectivity index (χ0n) is 16.5. The molecule has 7 nitrogen and oxygen atoms in total. The van der Waals surface area contributed by atoms with Crippen LogP contribution in [0.2, 0.25) is 5.02 Å². The fourth-order valence-corrected chi connectivity index (χ4v) is 3.90. The van der Waals surface area contributed by atoms with Gasteiger partial charge < -0.3 is 20.5 Å². The van der Waals surface area contributed by atoms with Gasteiger partial charge in [0.15, 0.2) is 0 Å². The Morgan fingerprint density at radius 3 is 2.47 bits per heavy atom. The first-order valence-electron chi connectivity index (χ1n) is 9.36. The van der Waals surface area contributed by atoms with E-state index >= 15 is 0 Å². The summed E-state index contributed by atoms with van der Waals surface area (Å²) in [6, 6.07) is 7.34. The summed E-state index contributed by atoms with van der Waals surface area (Å²) in [5.74, 6) is 0.639. The third-order valence-corrected chi connectivity index (χ3v) is 5.60. The average Bonchev–Trinajstić information content (AvgIpc) is 3.11. The number of anilines is 1. The number of amides is 1. The molecule has 0 radical (unpaired) electrons. The number of nitrogens with zero attached hydrogens (tertiary/aromatic N) is 4. The number of nitrogens with one attached hydrogen (secondary N) is 1. The molecule has 0 bridgehead atoms.